The third kappa shape index (κ3) is 4.77. The second-order valence-electron chi connectivity index (χ2n) is 3.19. The van der Waals surface area contributed by atoms with Gasteiger partial charge in [0.1, 0.15) is 0 Å². The van der Waals surface area contributed by atoms with E-state index in [0.29, 0.717) is 18.4 Å². The van der Waals surface area contributed by atoms with Gasteiger partial charge in [0, 0.05) is 6.61 Å². The fourth-order valence-electron chi connectivity index (χ4n) is 1.19. The Bertz CT molecular complexity index is 75.7. The van der Waals surface area contributed by atoms with Crippen molar-refractivity contribution in [1.29, 1.82) is 0 Å². The number of hydrogen-bond donors (Lipinski definition) is 2. The summed E-state index contributed by atoms with van der Waals surface area (Å²) in [5.41, 5.74) is 0. The summed E-state index contributed by atoms with van der Waals surface area (Å²) in [5.74, 6) is 1.12. The molecule has 0 aliphatic carbocycles. The van der Waals surface area contributed by atoms with E-state index < -0.39 is 0 Å². The molecule has 62 valence electrons. The summed E-state index contributed by atoms with van der Waals surface area (Å²) in [4.78, 5) is 0. The van der Waals surface area contributed by atoms with Crippen molar-refractivity contribution in [3.8, 4) is 0 Å². The summed E-state index contributed by atoms with van der Waals surface area (Å²) in [6, 6.07) is 0. The molecule has 0 aliphatic heterocycles. The molecule has 0 aromatic carbocycles. The highest BCUT2D eigenvalue weighted by molar-refractivity contribution is 4.59. The topological polar surface area (TPSA) is 32.3 Å². The number of nitrogens with one attached hydrogen (secondary N) is 1. The molecule has 2 unspecified atom stereocenters. The molecule has 0 heterocycles. The minimum atomic E-state index is 0.314. The van der Waals surface area contributed by atoms with Crippen molar-refractivity contribution in [1.82, 2.24) is 5.32 Å². The Labute approximate surface area is 63.6 Å². The van der Waals surface area contributed by atoms with Crippen LogP contribution in [0.15, 0.2) is 0 Å². The number of rotatable bonds is 5. The van der Waals surface area contributed by atoms with Gasteiger partial charge >= 0.3 is 0 Å². The van der Waals surface area contributed by atoms with E-state index in [1.54, 1.807) is 0 Å². The van der Waals surface area contributed by atoms with Gasteiger partial charge in [-0.1, -0.05) is 13.8 Å². The van der Waals surface area contributed by atoms with Crippen molar-refractivity contribution in [3.05, 3.63) is 0 Å². The van der Waals surface area contributed by atoms with E-state index in [9.17, 15) is 0 Å². The van der Waals surface area contributed by atoms with Crippen LogP contribution in [0.4, 0.5) is 0 Å². The normalized spacial score (nSPS) is 16.8. The van der Waals surface area contributed by atoms with Crippen LogP contribution in [0.25, 0.3) is 0 Å². The molecule has 0 amide bonds. The van der Waals surface area contributed by atoms with Gasteiger partial charge in [0.05, 0.1) is 0 Å². The molecule has 0 radical (unpaired) electrons. The van der Waals surface area contributed by atoms with Crippen molar-refractivity contribution in [2.24, 2.45) is 11.8 Å². The van der Waals surface area contributed by atoms with Crippen molar-refractivity contribution in [2.45, 2.75) is 20.3 Å². The van der Waals surface area contributed by atoms with Crippen LogP contribution >= 0.6 is 0 Å². The summed E-state index contributed by atoms with van der Waals surface area (Å²) in [7, 11) is 1.96. The van der Waals surface area contributed by atoms with E-state index in [1.807, 2.05) is 7.05 Å². The SMILES string of the molecule is CNCC(C)CC(C)CO. The van der Waals surface area contributed by atoms with Gasteiger partial charge in [0.25, 0.3) is 0 Å². The Balaban J connectivity index is 3.27. The largest absolute Gasteiger partial charge is 0.396 e. The van der Waals surface area contributed by atoms with E-state index >= 15 is 0 Å². The maximum atomic E-state index is 8.73. The van der Waals surface area contributed by atoms with Crippen molar-refractivity contribution >= 4 is 0 Å². The van der Waals surface area contributed by atoms with Crippen LogP contribution in [0, 0.1) is 11.8 Å². The van der Waals surface area contributed by atoms with Crippen LogP contribution in [0.5, 0.6) is 0 Å². The Kier molecular flexibility index (Phi) is 5.64. The average Bonchev–Trinajstić information content (AvgIpc) is 1.88. The van der Waals surface area contributed by atoms with Gasteiger partial charge in [-0.15, -0.1) is 0 Å². The number of aliphatic hydroxyl groups excluding tert-OH is 1. The Hall–Kier alpha value is -0.0800. The summed E-state index contributed by atoms with van der Waals surface area (Å²) in [6.07, 6.45) is 1.11. The first-order chi connectivity index (χ1) is 4.70. The minimum Gasteiger partial charge on any atom is -0.396 e. The highest BCUT2D eigenvalue weighted by Crippen LogP contribution is 2.09. The molecule has 2 atom stereocenters. The molecule has 2 N–H and O–H groups in total. The van der Waals surface area contributed by atoms with Crippen LogP contribution < -0.4 is 5.32 Å². The van der Waals surface area contributed by atoms with E-state index in [0.717, 1.165) is 13.0 Å². The lowest BCUT2D eigenvalue weighted by atomic mass is 9.98. The Morgan fingerprint density at radius 1 is 1.30 bits per heavy atom. The highest BCUT2D eigenvalue weighted by Gasteiger charge is 2.05. The quantitative estimate of drug-likeness (QED) is 0.601. The van der Waals surface area contributed by atoms with Crippen LogP contribution in [-0.2, 0) is 0 Å². The third-order valence-corrected chi connectivity index (χ3v) is 1.67. The van der Waals surface area contributed by atoms with Gasteiger partial charge in [0.2, 0.25) is 0 Å². The predicted molar refractivity (Wildman–Crippen MR) is 44.0 cm³/mol. The molecule has 0 rings (SSSR count). The number of aliphatic hydroxyl groups is 1. The molecule has 0 saturated heterocycles. The molecular formula is C8H19NO. The second-order valence-corrected chi connectivity index (χ2v) is 3.19. The van der Waals surface area contributed by atoms with Gasteiger partial charge in [-0.25, -0.2) is 0 Å². The lowest BCUT2D eigenvalue weighted by Gasteiger charge is -2.14. The van der Waals surface area contributed by atoms with E-state index in [-0.39, 0.29) is 0 Å². The molecule has 0 bridgehead atoms. The zero-order valence-electron chi connectivity index (χ0n) is 7.22. The summed E-state index contributed by atoms with van der Waals surface area (Å²) < 4.78 is 0. The van der Waals surface area contributed by atoms with Gasteiger partial charge in [-0.2, -0.15) is 0 Å². The predicted octanol–water partition coefficient (Wildman–Crippen LogP) is 0.860. The monoisotopic (exact) mass is 145 g/mol. The molecule has 0 spiro atoms. The van der Waals surface area contributed by atoms with Crippen molar-refractivity contribution in [3.63, 3.8) is 0 Å². The lowest BCUT2D eigenvalue weighted by molar-refractivity contribution is 0.215. The molecule has 2 nitrogen and oxygen atoms in total. The van der Waals surface area contributed by atoms with Crippen LogP contribution in [0.2, 0.25) is 0 Å². The van der Waals surface area contributed by atoms with Crippen molar-refractivity contribution < 1.29 is 5.11 Å². The van der Waals surface area contributed by atoms with Gasteiger partial charge in [0.15, 0.2) is 0 Å². The zero-order valence-corrected chi connectivity index (χ0v) is 7.22. The van der Waals surface area contributed by atoms with Crippen LogP contribution in [0.1, 0.15) is 20.3 Å². The van der Waals surface area contributed by atoms with Crippen LogP contribution in [0.3, 0.4) is 0 Å². The smallest absolute Gasteiger partial charge is 0.0456 e. The fraction of sp³-hybridized carbons (Fsp3) is 1.00. The molecule has 2 heteroatoms. The van der Waals surface area contributed by atoms with E-state index in [2.05, 4.69) is 19.2 Å². The maximum Gasteiger partial charge on any atom is 0.0456 e. The summed E-state index contributed by atoms with van der Waals surface area (Å²) in [6.45, 7) is 5.63. The first kappa shape index (κ1) is 9.92. The molecule has 0 saturated carbocycles. The second kappa shape index (κ2) is 5.69. The summed E-state index contributed by atoms with van der Waals surface area (Å²) in [5, 5.41) is 11.8. The van der Waals surface area contributed by atoms with Gasteiger partial charge < -0.3 is 10.4 Å². The van der Waals surface area contributed by atoms with Crippen LogP contribution in [-0.4, -0.2) is 25.3 Å². The molecule has 0 aliphatic rings. The Morgan fingerprint density at radius 2 is 1.90 bits per heavy atom. The van der Waals surface area contributed by atoms with Crippen molar-refractivity contribution in [2.75, 3.05) is 20.2 Å². The Morgan fingerprint density at radius 3 is 2.30 bits per heavy atom. The third-order valence-electron chi connectivity index (χ3n) is 1.67. The van der Waals surface area contributed by atoms with E-state index in [1.165, 1.54) is 0 Å². The van der Waals surface area contributed by atoms with Gasteiger partial charge in [-0.05, 0) is 31.8 Å². The molecule has 0 fully saturated rings. The van der Waals surface area contributed by atoms with E-state index in [4.69, 9.17) is 5.11 Å². The number of hydrogen-bond acceptors (Lipinski definition) is 2. The molecule has 0 aromatic rings. The zero-order chi connectivity index (χ0) is 7.98. The maximum absolute atomic E-state index is 8.73. The lowest BCUT2D eigenvalue weighted by Crippen LogP contribution is -2.19. The minimum absolute atomic E-state index is 0.314. The average molecular weight is 145 g/mol. The first-order valence-electron chi connectivity index (χ1n) is 3.96. The fourth-order valence-corrected chi connectivity index (χ4v) is 1.19. The standard InChI is InChI=1S/C8H19NO/c1-7(5-9-3)4-8(2)6-10/h7-10H,4-6H2,1-3H3. The first-order valence-corrected chi connectivity index (χ1v) is 3.96. The molecular weight excluding hydrogens is 126 g/mol. The molecule has 0 aromatic heterocycles. The van der Waals surface area contributed by atoms with Gasteiger partial charge in [-0.3, -0.25) is 0 Å². The summed E-state index contributed by atoms with van der Waals surface area (Å²) >= 11 is 0. The molecule has 10 heavy (non-hydrogen) atoms. The highest BCUT2D eigenvalue weighted by atomic mass is 16.3.